The minimum absolute atomic E-state index is 0.0506. The molecule has 0 unspecified atom stereocenters. The van der Waals surface area contributed by atoms with Crippen molar-refractivity contribution in [3.63, 3.8) is 0 Å². The molecule has 3 heteroatoms. The number of benzene rings is 1. The Balaban J connectivity index is 2.87. The molecule has 0 bridgehead atoms. The van der Waals surface area contributed by atoms with Crippen LogP contribution in [0.3, 0.4) is 0 Å². The van der Waals surface area contributed by atoms with Crippen LogP contribution >= 0.6 is 0 Å². The molecule has 0 atom stereocenters. The molecule has 0 aliphatic heterocycles. The van der Waals surface area contributed by atoms with E-state index in [0.717, 1.165) is 5.69 Å². The van der Waals surface area contributed by atoms with Gasteiger partial charge in [-0.2, -0.15) is 0 Å². The highest BCUT2D eigenvalue weighted by atomic mass is 16.1. The van der Waals surface area contributed by atoms with Crippen LogP contribution in [-0.2, 0) is 0 Å². The summed E-state index contributed by atoms with van der Waals surface area (Å²) in [5, 5.41) is 2.58. The van der Waals surface area contributed by atoms with Crippen molar-refractivity contribution in [2.75, 3.05) is 26.0 Å². The number of carbonyl (C=O) groups excluding carboxylic acids is 1. The van der Waals surface area contributed by atoms with Crippen LogP contribution in [0.25, 0.3) is 0 Å². The van der Waals surface area contributed by atoms with E-state index >= 15 is 0 Å². The lowest BCUT2D eigenvalue weighted by Crippen LogP contribution is -2.17. The maximum Gasteiger partial charge on any atom is 0.251 e. The third-order valence-corrected chi connectivity index (χ3v) is 1.87. The van der Waals surface area contributed by atoms with Crippen LogP contribution in [0.5, 0.6) is 0 Å². The molecule has 0 saturated heterocycles. The first-order chi connectivity index (χ1) is 6.15. The quantitative estimate of drug-likeness (QED) is 0.735. The number of carbonyl (C=O) groups is 1. The van der Waals surface area contributed by atoms with Gasteiger partial charge in [-0.3, -0.25) is 4.79 Å². The van der Waals surface area contributed by atoms with Crippen molar-refractivity contribution >= 4 is 11.6 Å². The first-order valence-electron chi connectivity index (χ1n) is 4.14. The van der Waals surface area contributed by atoms with E-state index in [1.807, 2.05) is 43.3 Å². The van der Waals surface area contributed by atoms with Gasteiger partial charge >= 0.3 is 0 Å². The lowest BCUT2D eigenvalue weighted by Gasteiger charge is -2.12. The standard InChI is InChI=1S/C10H14N2O/c1-11-10(13)8-4-6-9(7-5-8)12(2)3/h4-7H,1-3H3,(H,11,13). The van der Waals surface area contributed by atoms with Gasteiger partial charge in [0.05, 0.1) is 0 Å². The van der Waals surface area contributed by atoms with Gasteiger partial charge in [-0.15, -0.1) is 0 Å². The molecule has 70 valence electrons. The Morgan fingerprint density at radius 1 is 1.23 bits per heavy atom. The highest BCUT2D eigenvalue weighted by Crippen LogP contribution is 2.11. The lowest BCUT2D eigenvalue weighted by molar-refractivity contribution is 0.0963. The van der Waals surface area contributed by atoms with Gasteiger partial charge < -0.3 is 10.2 Å². The summed E-state index contributed by atoms with van der Waals surface area (Å²) in [5.74, 6) is -0.0506. The number of nitrogens with zero attached hydrogens (tertiary/aromatic N) is 1. The van der Waals surface area contributed by atoms with E-state index in [9.17, 15) is 4.79 Å². The lowest BCUT2D eigenvalue weighted by atomic mass is 10.2. The van der Waals surface area contributed by atoms with Crippen molar-refractivity contribution in [3.05, 3.63) is 29.8 Å². The maximum atomic E-state index is 11.2. The molecular weight excluding hydrogens is 164 g/mol. The Labute approximate surface area is 78.4 Å². The van der Waals surface area contributed by atoms with Crippen molar-refractivity contribution in [1.82, 2.24) is 5.32 Å². The fourth-order valence-electron chi connectivity index (χ4n) is 1.06. The Morgan fingerprint density at radius 3 is 2.15 bits per heavy atom. The molecule has 0 fully saturated rings. The van der Waals surface area contributed by atoms with Gasteiger partial charge in [0.1, 0.15) is 0 Å². The zero-order chi connectivity index (χ0) is 9.84. The summed E-state index contributed by atoms with van der Waals surface area (Å²) < 4.78 is 0. The van der Waals surface area contributed by atoms with Gasteiger partial charge in [0, 0.05) is 32.4 Å². The summed E-state index contributed by atoms with van der Waals surface area (Å²) in [6.07, 6.45) is 0. The molecule has 1 aromatic carbocycles. The van der Waals surface area contributed by atoms with Crippen molar-refractivity contribution in [2.45, 2.75) is 0 Å². The van der Waals surface area contributed by atoms with E-state index in [1.54, 1.807) is 7.05 Å². The first-order valence-corrected chi connectivity index (χ1v) is 4.14. The van der Waals surface area contributed by atoms with Gasteiger partial charge in [0.15, 0.2) is 0 Å². The Hall–Kier alpha value is -1.51. The number of hydrogen-bond donors (Lipinski definition) is 1. The van der Waals surface area contributed by atoms with E-state index in [-0.39, 0.29) is 5.91 Å². The second-order valence-electron chi connectivity index (χ2n) is 3.02. The number of nitrogens with one attached hydrogen (secondary N) is 1. The summed E-state index contributed by atoms with van der Waals surface area (Å²) in [4.78, 5) is 13.2. The SMILES string of the molecule is CNC(=O)c1ccc(N(C)C)cc1. The van der Waals surface area contributed by atoms with Gasteiger partial charge in [-0.1, -0.05) is 0 Å². The van der Waals surface area contributed by atoms with Crippen LogP contribution in [0, 0.1) is 0 Å². The van der Waals surface area contributed by atoms with Crippen LogP contribution in [0.4, 0.5) is 5.69 Å². The zero-order valence-electron chi connectivity index (χ0n) is 8.16. The van der Waals surface area contributed by atoms with Gasteiger partial charge in [-0.05, 0) is 24.3 Å². The molecule has 0 radical (unpaired) electrons. The number of amides is 1. The molecule has 0 spiro atoms. The summed E-state index contributed by atoms with van der Waals surface area (Å²) in [6.45, 7) is 0. The molecule has 0 aliphatic carbocycles. The fraction of sp³-hybridized carbons (Fsp3) is 0.300. The topological polar surface area (TPSA) is 32.3 Å². The van der Waals surface area contributed by atoms with E-state index in [2.05, 4.69) is 5.32 Å². The van der Waals surface area contributed by atoms with Crippen LogP contribution in [-0.4, -0.2) is 27.1 Å². The Kier molecular flexibility index (Phi) is 2.90. The Morgan fingerprint density at radius 2 is 1.77 bits per heavy atom. The summed E-state index contributed by atoms with van der Waals surface area (Å²) >= 11 is 0. The largest absolute Gasteiger partial charge is 0.378 e. The molecule has 1 aromatic rings. The first kappa shape index (κ1) is 9.58. The minimum atomic E-state index is -0.0506. The molecule has 0 aliphatic rings. The molecule has 1 amide bonds. The minimum Gasteiger partial charge on any atom is -0.378 e. The van der Waals surface area contributed by atoms with Crippen LogP contribution in [0.15, 0.2) is 24.3 Å². The number of hydrogen-bond acceptors (Lipinski definition) is 2. The molecule has 0 saturated carbocycles. The predicted molar refractivity (Wildman–Crippen MR) is 54.2 cm³/mol. The van der Waals surface area contributed by atoms with Crippen LogP contribution < -0.4 is 10.2 Å². The summed E-state index contributed by atoms with van der Waals surface area (Å²) in [6, 6.07) is 7.47. The van der Waals surface area contributed by atoms with E-state index < -0.39 is 0 Å². The summed E-state index contributed by atoms with van der Waals surface area (Å²) in [5.41, 5.74) is 1.78. The molecule has 1 N–H and O–H groups in total. The van der Waals surface area contributed by atoms with E-state index in [4.69, 9.17) is 0 Å². The van der Waals surface area contributed by atoms with Gasteiger partial charge in [0.2, 0.25) is 0 Å². The van der Waals surface area contributed by atoms with Crippen LogP contribution in [0.2, 0.25) is 0 Å². The number of anilines is 1. The molecule has 1 rings (SSSR count). The van der Waals surface area contributed by atoms with Crippen molar-refractivity contribution < 1.29 is 4.79 Å². The molecule has 0 heterocycles. The smallest absolute Gasteiger partial charge is 0.251 e. The number of rotatable bonds is 2. The summed E-state index contributed by atoms with van der Waals surface area (Å²) in [7, 11) is 5.56. The fourth-order valence-corrected chi connectivity index (χ4v) is 1.06. The van der Waals surface area contributed by atoms with E-state index in [0.29, 0.717) is 5.56 Å². The normalized spacial score (nSPS) is 9.46. The average Bonchev–Trinajstić information content (AvgIpc) is 2.17. The second-order valence-corrected chi connectivity index (χ2v) is 3.02. The van der Waals surface area contributed by atoms with Crippen molar-refractivity contribution in [2.24, 2.45) is 0 Å². The Bertz CT molecular complexity index is 290. The monoisotopic (exact) mass is 178 g/mol. The third-order valence-electron chi connectivity index (χ3n) is 1.87. The average molecular weight is 178 g/mol. The third kappa shape index (κ3) is 2.21. The highest BCUT2D eigenvalue weighted by Gasteiger charge is 2.02. The molecule has 0 aromatic heterocycles. The van der Waals surface area contributed by atoms with Gasteiger partial charge in [0.25, 0.3) is 5.91 Å². The van der Waals surface area contributed by atoms with Crippen LogP contribution in [0.1, 0.15) is 10.4 Å². The highest BCUT2D eigenvalue weighted by molar-refractivity contribution is 5.94. The second kappa shape index (κ2) is 3.94. The molecular formula is C10H14N2O. The van der Waals surface area contributed by atoms with Crippen molar-refractivity contribution in [1.29, 1.82) is 0 Å². The molecule has 13 heavy (non-hydrogen) atoms. The zero-order valence-corrected chi connectivity index (χ0v) is 8.16. The van der Waals surface area contributed by atoms with E-state index in [1.165, 1.54) is 0 Å². The predicted octanol–water partition coefficient (Wildman–Crippen LogP) is 1.11. The maximum absolute atomic E-state index is 11.2. The van der Waals surface area contributed by atoms with Gasteiger partial charge in [-0.25, -0.2) is 0 Å². The molecule has 3 nitrogen and oxygen atoms in total. The van der Waals surface area contributed by atoms with Crippen molar-refractivity contribution in [3.8, 4) is 0 Å².